The summed E-state index contributed by atoms with van der Waals surface area (Å²) in [6.07, 6.45) is 1.64. The third-order valence-corrected chi connectivity index (χ3v) is 7.10. The highest BCUT2D eigenvalue weighted by Crippen LogP contribution is 2.22. The molecular formula is C27H34FN5O8S. The molecule has 1 aromatic heterocycles. The van der Waals surface area contributed by atoms with Gasteiger partial charge in [-0.05, 0) is 43.3 Å². The van der Waals surface area contributed by atoms with E-state index < -0.39 is 22.4 Å². The summed E-state index contributed by atoms with van der Waals surface area (Å²) in [7, 11) is -1.53. The summed E-state index contributed by atoms with van der Waals surface area (Å²) in [6.45, 7) is 4.07. The molecule has 2 aromatic carbocycles. The lowest BCUT2D eigenvalue weighted by atomic mass is 10.3. The largest absolute Gasteiger partial charge is 0.465 e. The van der Waals surface area contributed by atoms with Crippen LogP contribution < -0.4 is 4.90 Å². The first-order valence-corrected chi connectivity index (χ1v) is 14.4. The van der Waals surface area contributed by atoms with Crippen molar-refractivity contribution in [3.8, 4) is 0 Å². The summed E-state index contributed by atoms with van der Waals surface area (Å²) >= 11 is 0. The zero-order chi connectivity index (χ0) is 30.2. The van der Waals surface area contributed by atoms with Crippen molar-refractivity contribution < 1.29 is 37.3 Å². The summed E-state index contributed by atoms with van der Waals surface area (Å²) in [5.74, 6) is -0.385. The van der Waals surface area contributed by atoms with E-state index in [2.05, 4.69) is 10.3 Å². The van der Waals surface area contributed by atoms with Gasteiger partial charge >= 0.3 is 5.97 Å². The number of hydrogen-bond acceptors (Lipinski definition) is 11. The Morgan fingerprint density at radius 1 is 1.00 bits per heavy atom. The fraction of sp³-hybridized carbons (Fsp3) is 0.444. The average molecular weight is 607 g/mol. The molecule has 0 radical (unpaired) electrons. The van der Waals surface area contributed by atoms with Crippen LogP contribution in [0, 0.1) is 10.1 Å². The van der Waals surface area contributed by atoms with Crippen molar-refractivity contribution in [3.05, 3.63) is 70.5 Å². The van der Waals surface area contributed by atoms with E-state index in [1.165, 1.54) is 28.9 Å². The van der Waals surface area contributed by atoms with E-state index in [0.29, 0.717) is 60.8 Å². The lowest BCUT2D eigenvalue weighted by molar-refractivity contribution is -0.384. The highest BCUT2D eigenvalue weighted by molar-refractivity contribution is 7.85. The van der Waals surface area contributed by atoms with Crippen LogP contribution in [-0.2, 0) is 47.7 Å². The number of ether oxygens (including phenoxy) is 4. The maximum absolute atomic E-state index is 12.9. The van der Waals surface area contributed by atoms with E-state index in [-0.39, 0.29) is 38.0 Å². The van der Waals surface area contributed by atoms with Gasteiger partial charge in [0.15, 0.2) is 0 Å². The number of halogens is 1. The first-order chi connectivity index (χ1) is 20.4. The molecule has 0 aliphatic carbocycles. The molecule has 3 rings (SSSR count). The SMILES string of the molecule is CCOC(=O)CN(CCOCCOCCOCc1cn(CC[18F])nn1)c1ccc(S(=O)c2ccc([N+](=O)[O-])cc2)cc1. The number of hydrogen-bond donors (Lipinski definition) is 0. The fourth-order valence-electron chi connectivity index (χ4n) is 3.66. The highest BCUT2D eigenvalue weighted by Gasteiger charge is 2.15. The second-order valence-electron chi connectivity index (χ2n) is 8.68. The number of carbonyl (C=O) groups is 1. The van der Waals surface area contributed by atoms with Gasteiger partial charge in [-0.2, -0.15) is 0 Å². The number of benzene rings is 2. The molecule has 0 aliphatic rings. The van der Waals surface area contributed by atoms with Gasteiger partial charge in [-0.15, -0.1) is 5.10 Å². The van der Waals surface area contributed by atoms with Crippen molar-refractivity contribution >= 4 is 28.1 Å². The first-order valence-electron chi connectivity index (χ1n) is 13.3. The number of nitro benzene ring substituents is 1. The molecule has 15 heteroatoms. The first kappa shape index (κ1) is 32.7. The number of nitro groups is 1. The number of aryl methyl sites for hydroxylation is 1. The highest BCUT2D eigenvalue weighted by atomic mass is 32.2. The summed E-state index contributed by atoms with van der Waals surface area (Å²) in [4.78, 5) is 25.3. The molecule has 1 unspecified atom stereocenters. The van der Waals surface area contributed by atoms with Crippen molar-refractivity contribution in [2.45, 2.75) is 29.9 Å². The third-order valence-electron chi connectivity index (χ3n) is 5.70. The standard InChI is InChI=1S/C27H34FN5O8S/c1-2-41-27(34)20-31(13-14-38-15-16-39-17-18-40-21-22-19-32(12-11-28)30-29-22)23-3-7-25(8-4-23)42(37)26-9-5-24(6-10-26)33(35)36/h3-10,19H,2,11-18,20-21H2,1H3/i28-1. The molecule has 1 atom stereocenters. The monoisotopic (exact) mass is 606 g/mol. The third kappa shape index (κ3) is 10.9. The Labute approximate surface area is 245 Å². The number of non-ortho nitro benzene ring substituents is 1. The van der Waals surface area contributed by atoms with Gasteiger partial charge in [0.25, 0.3) is 5.69 Å². The lowest BCUT2D eigenvalue weighted by Gasteiger charge is -2.24. The van der Waals surface area contributed by atoms with E-state index in [9.17, 15) is 23.5 Å². The molecule has 0 bridgehead atoms. The predicted molar refractivity (Wildman–Crippen MR) is 150 cm³/mol. The Kier molecular flexibility index (Phi) is 13.9. The summed E-state index contributed by atoms with van der Waals surface area (Å²) in [6, 6.07) is 12.4. The minimum Gasteiger partial charge on any atom is -0.465 e. The summed E-state index contributed by atoms with van der Waals surface area (Å²) in [5.41, 5.74) is 1.26. The second kappa shape index (κ2) is 17.9. The average Bonchev–Trinajstić information content (AvgIpc) is 3.44. The van der Waals surface area contributed by atoms with Crippen molar-refractivity contribution in [2.75, 3.05) is 64.3 Å². The Morgan fingerprint density at radius 2 is 1.62 bits per heavy atom. The summed E-state index contributed by atoms with van der Waals surface area (Å²) in [5, 5.41) is 18.5. The van der Waals surface area contributed by atoms with Crippen LogP contribution in [0.4, 0.5) is 15.8 Å². The van der Waals surface area contributed by atoms with Crippen LogP contribution in [0.5, 0.6) is 0 Å². The fourth-order valence-corrected chi connectivity index (χ4v) is 4.70. The van der Waals surface area contributed by atoms with Gasteiger partial charge in [0.2, 0.25) is 0 Å². The predicted octanol–water partition coefficient (Wildman–Crippen LogP) is 2.94. The van der Waals surface area contributed by atoms with E-state index in [1.54, 1.807) is 42.3 Å². The quantitative estimate of drug-likeness (QED) is 0.0809. The van der Waals surface area contributed by atoms with Crippen molar-refractivity contribution in [2.24, 2.45) is 0 Å². The van der Waals surface area contributed by atoms with Crippen LogP contribution in [-0.4, -0.2) is 89.5 Å². The van der Waals surface area contributed by atoms with Crippen LogP contribution in [0.15, 0.2) is 64.5 Å². The van der Waals surface area contributed by atoms with Crippen LogP contribution >= 0.6 is 0 Å². The van der Waals surface area contributed by atoms with Crippen LogP contribution in [0.3, 0.4) is 0 Å². The summed E-state index contributed by atoms with van der Waals surface area (Å²) < 4.78 is 48.4. The van der Waals surface area contributed by atoms with E-state index in [4.69, 9.17) is 18.9 Å². The van der Waals surface area contributed by atoms with E-state index >= 15 is 0 Å². The Balaban J connectivity index is 1.40. The molecule has 0 saturated heterocycles. The molecule has 0 saturated carbocycles. The molecule has 42 heavy (non-hydrogen) atoms. The maximum atomic E-state index is 12.9. The van der Waals surface area contributed by atoms with Gasteiger partial charge < -0.3 is 23.8 Å². The van der Waals surface area contributed by atoms with Crippen molar-refractivity contribution in [3.63, 3.8) is 0 Å². The topological polar surface area (TPSA) is 148 Å². The molecule has 3 aromatic rings. The number of nitrogens with zero attached hydrogens (tertiary/aromatic N) is 5. The van der Waals surface area contributed by atoms with E-state index in [0.717, 1.165) is 0 Å². The number of rotatable bonds is 20. The number of anilines is 1. The van der Waals surface area contributed by atoms with Gasteiger partial charge in [0.05, 0.1) is 74.7 Å². The molecular weight excluding hydrogens is 572 g/mol. The maximum Gasteiger partial charge on any atom is 0.325 e. The zero-order valence-electron chi connectivity index (χ0n) is 23.3. The van der Waals surface area contributed by atoms with Gasteiger partial charge in [0, 0.05) is 34.2 Å². The van der Waals surface area contributed by atoms with Crippen LogP contribution in [0.2, 0.25) is 0 Å². The molecule has 0 spiro atoms. The van der Waals surface area contributed by atoms with Crippen LogP contribution in [0.25, 0.3) is 0 Å². The minimum atomic E-state index is -1.53. The van der Waals surface area contributed by atoms with Gasteiger partial charge in [-0.3, -0.25) is 14.9 Å². The zero-order valence-corrected chi connectivity index (χ0v) is 24.1. The van der Waals surface area contributed by atoms with Crippen molar-refractivity contribution in [1.82, 2.24) is 15.0 Å². The molecule has 1 heterocycles. The van der Waals surface area contributed by atoms with Crippen LogP contribution in [0.1, 0.15) is 12.6 Å². The second-order valence-corrected chi connectivity index (χ2v) is 10.2. The number of esters is 1. The Bertz CT molecular complexity index is 1280. The van der Waals surface area contributed by atoms with Gasteiger partial charge in [-0.1, -0.05) is 5.21 Å². The molecule has 0 aliphatic heterocycles. The number of aromatic nitrogens is 3. The Morgan fingerprint density at radius 3 is 2.24 bits per heavy atom. The normalized spacial score (nSPS) is 11.8. The molecule has 13 nitrogen and oxygen atoms in total. The molecule has 0 N–H and O–H groups in total. The van der Waals surface area contributed by atoms with Crippen molar-refractivity contribution in [1.29, 1.82) is 0 Å². The molecule has 0 fully saturated rings. The minimum absolute atomic E-state index is 0.0113. The van der Waals surface area contributed by atoms with E-state index in [1.807, 2.05) is 0 Å². The number of carbonyl (C=O) groups excluding carboxylic acids is 1. The lowest BCUT2D eigenvalue weighted by Crippen LogP contribution is -2.34. The molecule has 0 amide bonds. The Hall–Kier alpha value is -3.79. The molecule has 228 valence electrons. The smallest absolute Gasteiger partial charge is 0.325 e. The van der Waals surface area contributed by atoms with Gasteiger partial charge in [0.1, 0.15) is 18.9 Å². The number of alkyl halides is 1. The van der Waals surface area contributed by atoms with Gasteiger partial charge in [-0.25, -0.2) is 13.3 Å².